The largest absolute Gasteiger partial charge is 1.00 e. The molecule has 1 N–H and O–H groups in total. The summed E-state index contributed by atoms with van der Waals surface area (Å²) in [4.78, 5) is 12.0. The van der Waals surface area contributed by atoms with E-state index in [1.165, 1.54) is 78.2 Å². The summed E-state index contributed by atoms with van der Waals surface area (Å²) < 4.78 is 32.0. The number of fused-ring (bicyclic) bond motifs is 2. The van der Waals surface area contributed by atoms with Gasteiger partial charge in [0.15, 0.2) is 0 Å². The van der Waals surface area contributed by atoms with Crippen LogP contribution in [0.5, 0.6) is 5.75 Å². The topological polar surface area (TPSA) is 116 Å². The molecule has 93 heavy (non-hydrogen) atoms. The second kappa shape index (κ2) is 43.1. The van der Waals surface area contributed by atoms with E-state index in [0.29, 0.717) is 47.2 Å². The summed E-state index contributed by atoms with van der Waals surface area (Å²) in [5.74, 6) is 4.66. The fourth-order valence-electron chi connectivity index (χ4n) is 9.31. The number of hydrogen-bond acceptors (Lipinski definition) is 7. The van der Waals surface area contributed by atoms with Gasteiger partial charge in [-0.2, -0.15) is 0 Å². The van der Waals surface area contributed by atoms with Gasteiger partial charge in [0.25, 0.3) is 0 Å². The van der Waals surface area contributed by atoms with Crippen molar-refractivity contribution in [2.75, 3.05) is 0 Å². The maximum absolute atomic E-state index is 10.7. The predicted molar refractivity (Wildman–Crippen MR) is 392 cm³/mol. The molecule has 0 saturated carbocycles. The zero-order valence-electron chi connectivity index (χ0n) is 58.6. The van der Waals surface area contributed by atoms with E-state index in [0.717, 1.165) is 17.7 Å². The smallest absolute Gasteiger partial charge is 0.744 e. The van der Waals surface area contributed by atoms with Crippen LogP contribution in [0.1, 0.15) is 214 Å². The first-order valence-electron chi connectivity index (χ1n) is 32.5. The maximum Gasteiger partial charge on any atom is 1.00 e. The zero-order chi connectivity index (χ0) is 67.6. The molecule has 11 aromatic rings. The minimum absolute atomic E-state index is 0. The van der Waals surface area contributed by atoms with Crippen molar-refractivity contribution in [3.05, 3.63) is 317 Å². The third-order valence-electron chi connectivity index (χ3n) is 15.1. The molecule has 484 valence electrons. The van der Waals surface area contributed by atoms with E-state index in [-0.39, 0.29) is 62.2 Å². The van der Waals surface area contributed by atoms with Crippen LogP contribution in [0, 0.1) is 0 Å². The van der Waals surface area contributed by atoms with Gasteiger partial charge in [-0.05, 0) is 180 Å². The third-order valence-corrected chi connectivity index (χ3v) is 15.9. The number of aromatic nitrogens is 3. The zero-order valence-corrected chi connectivity index (χ0v) is 62.5. The summed E-state index contributed by atoms with van der Waals surface area (Å²) in [7, 11) is -4.31. The first-order valence-corrected chi connectivity index (χ1v) is 33.9. The molecule has 7 nitrogen and oxygen atoms in total. The van der Waals surface area contributed by atoms with Gasteiger partial charge in [0.05, 0.1) is 4.90 Å². The molecule has 0 amide bonds. The molecular formula is C84H102KN3O4S. The van der Waals surface area contributed by atoms with Gasteiger partial charge < -0.3 is 9.66 Å². The molecule has 0 unspecified atom stereocenters. The molecule has 11 rings (SSSR count). The Kier molecular flexibility index (Phi) is 37.3. The van der Waals surface area contributed by atoms with Crippen LogP contribution in [0.2, 0.25) is 0 Å². The molecule has 0 aliphatic heterocycles. The average molecular weight is 1290 g/mol. The molecule has 9 heteroatoms. The normalized spacial score (nSPS) is 10.6. The first-order chi connectivity index (χ1) is 43.8. The van der Waals surface area contributed by atoms with Crippen molar-refractivity contribution in [2.45, 2.75) is 169 Å². The van der Waals surface area contributed by atoms with E-state index < -0.39 is 10.1 Å². The summed E-state index contributed by atoms with van der Waals surface area (Å²) >= 11 is 0. The standard InChI is InChI=1S/C16H18.2C13H14.C9H12O3S.C9H12O.3C8H11N.K/c1-13(2)16-10-6-9-15(12-16)11-14-7-4-3-5-8-14;1-10(2)12-9-5-7-11-6-3-4-8-13(11)12;1-10(2)12-8-7-11-5-3-4-6-13(11)9-12;1-7(2)8-4-3-5-9(6-8)13(10,11)12;1-7(2)8-4-3-5-9(10)6-8;1-7(2)8-3-5-9-6-4-8;1-7(2)8-4-3-5-9-6-8;1-7(2)8-5-3-4-6-9-8;/h3-10,12-13H,11H2,1-2H3;2*3-10H,1-2H3;3-7H,1-2H3,(H,10,11,12);3-7,10H,1-2H3;3*3-7H,1-2H3;/q;;;;;;;;+1/p-1. The third kappa shape index (κ3) is 30.8. The van der Waals surface area contributed by atoms with E-state index in [4.69, 9.17) is 5.11 Å². The van der Waals surface area contributed by atoms with E-state index in [2.05, 4.69) is 257 Å². The van der Waals surface area contributed by atoms with Crippen LogP contribution in [0.25, 0.3) is 21.5 Å². The molecular weight excluding hydrogens is 1190 g/mol. The van der Waals surface area contributed by atoms with E-state index in [1.807, 2.05) is 87.2 Å². The molecule has 0 atom stereocenters. The fraction of sp³-hybridized carbons (Fsp3) is 0.298. The Morgan fingerprint density at radius 3 is 1.33 bits per heavy atom. The van der Waals surface area contributed by atoms with Crippen molar-refractivity contribution in [2.24, 2.45) is 0 Å². The molecule has 0 saturated heterocycles. The number of aromatic hydroxyl groups is 1. The van der Waals surface area contributed by atoms with Crippen molar-refractivity contribution >= 4 is 31.7 Å². The molecule has 0 fully saturated rings. The molecule has 0 spiro atoms. The molecule has 3 heterocycles. The van der Waals surface area contributed by atoms with Crippen LogP contribution in [0.15, 0.2) is 266 Å². The van der Waals surface area contributed by atoms with Gasteiger partial charge in [-0.15, -0.1) is 0 Å². The fourth-order valence-corrected chi connectivity index (χ4v) is 9.84. The first kappa shape index (κ1) is 80.3. The Labute approximate surface area is 602 Å². The number of pyridine rings is 3. The summed E-state index contributed by atoms with van der Waals surface area (Å²) in [6.45, 7) is 34.5. The van der Waals surface area contributed by atoms with Crippen molar-refractivity contribution in [1.82, 2.24) is 15.0 Å². The number of nitrogens with zero attached hydrogens (tertiary/aromatic N) is 3. The van der Waals surface area contributed by atoms with Gasteiger partial charge in [0.2, 0.25) is 0 Å². The minimum Gasteiger partial charge on any atom is -0.744 e. The van der Waals surface area contributed by atoms with Crippen LogP contribution in [0.4, 0.5) is 0 Å². The monoisotopic (exact) mass is 1290 g/mol. The van der Waals surface area contributed by atoms with Gasteiger partial charge in [-0.25, -0.2) is 8.42 Å². The van der Waals surface area contributed by atoms with Crippen LogP contribution < -0.4 is 51.4 Å². The van der Waals surface area contributed by atoms with Crippen LogP contribution in [-0.2, 0) is 16.5 Å². The minimum atomic E-state index is -4.31. The summed E-state index contributed by atoms with van der Waals surface area (Å²) in [6, 6.07) is 77.4. The number of benzene rings is 8. The maximum atomic E-state index is 10.7. The molecule has 0 bridgehead atoms. The quantitative estimate of drug-likeness (QED) is 0.101. The van der Waals surface area contributed by atoms with Crippen molar-refractivity contribution < 1.29 is 69.5 Å². The number of hydrogen-bond donors (Lipinski definition) is 1. The Morgan fingerprint density at radius 2 is 0.839 bits per heavy atom. The molecule has 3 aromatic heterocycles. The van der Waals surface area contributed by atoms with Crippen LogP contribution in [-0.4, -0.2) is 33.0 Å². The molecule has 0 aliphatic rings. The molecule has 0 radical (unpaired) electrons. The summed E-state index contributed by atoms with van der Waals surface area (Å²) in [6.07, 6.45) is 10.2. The SMILES string of the molecule is CC(C)c1ccc2ccccc2c1.CC(C)c1cccc(Cc2ccccc2)c1.CC(C)c1cccc(O)c1.CC(C)c1cccc(S(=O)(=O)[O-])c1.CC(C)c1cccc2ccccc12.CC(C)c1ccccn1.CC(C)c1cccnc1.CC(C)c1ccncc1.[K+]. The van der Waals surface area contributed by atoms with Crippen LogP contribution in [0.3, 0.4) is 0 Å². The second-order valence-electron chi connectivity index (χ2n) is 25.3. The number of rotatable bonds is 11. The summed E-state index contributed by atoms with van der Waals surface area (Å²) in [5.41, 5.74) is 12.9. The Hall–Kier alpha value is -6.92. The van der Waals surface area contributed by atoms with Gasteiger partial charge in [0, 0.05) is 36.7 Å². The second-order valence-corrected chi connectivity index (χ2v) is 26.6. The van der Waals surface area contributed by atoms with Gasteiger partial charge >= 0.3 is 51.4 Å². The van der Waals surface area contributed by atoms with Gasteiger partial charge in [-0.3, -0.25) is 15.0 Å². The van der Waals surface area contributed by atoms with Crippen molar-refractivity contribution in [3.8, 4) is 5.75 Å². The van der Waals surface area contributed by atoms with Gasteiger partial charge in [-0.1, -0.05) is 287 Å². The number of phenols is 1. The number of phenolic OH excluding ortho intramolecular Hbond substituents is 1. The Morgan fingerprint density at radius 1 is 0.355 bits per heavy atom. The van der Waals surface area contributed by atoms with E-state index >= 15 is 0 Å². The predicted octanol–water partition coefficient (Wildman–Crippen LogP) is 20.2. The molecule has 8 aromatic carbocycles. The van der Waals surface area contributed by atoms with E-state index in [1.54, 1.807) is 30.5 Å². The Bertz CT molecular complexity index is 3800. The summed E-state index contributed by atoms with van der Waals surface area (Å²) in [5, 5.41) is 14.5. The van der Waals surface area contributed by atoms with Crippen LogP contribution >= 0.6 is 0 Å². The average Bonchev–Trinajstić information content (AvgIpc) is 1.87. The van der Waals surface area contributed by atoms with Gasteiger partial charge in [0.1, 0.15) is 15.9 Å². The Balaban J connectivity index is 0.000000279. The van der Waals surface area contributed by atoms with Crippen molar-refractivity contribution in [1.29, 1.82) is 0 Å². The molecule has 0 aliphatic carbocycles. The van der Waals surface area contributed by atoms with E-state index in [9.17, 15) is 13.0 Å². The van der Waals surface area contributed by atoms with Crippen molar-refractivity contribution in [3.63, 3.8) is 0 Å².